The van der Waals surface area contributed by atoms with Crippen LogP contribution in [-0.4, -0.2) is 11.1 Å². The minimum Gasteiger partial charge on any atom is -0.489 e. The normalized spacial score (nSPS) is 10.4. The monoisotopic (exact) mass is 425 g/mol. The van der Waals surface area contributed by atoms with Crippen LogP contribution in [0, 0.1) is 6.92 Å². The lowest BCUT2D eigenvalue weighted by molar-refractivity contribution is 0.0697. The molecule has 3 aromatic carbocycles. The van der Waals surface area contributed by atoms with Crippen molar-refractivity contribution in [3.8, 4) is 5.75 Å². The van der Waals surface area contributed by atoms with Gasteiger partial charge in [0.05, 0.1) is 5.56 Å². The summed E-state index contributed by atoms with van der Waals surface area (Å²) in [5.41, 5.74) is 4.33. The summed E-state index contributed by atoms with van der Waals surface area (Å²) < 4.78 is 6.97. The molecule has 0 aliphatic carbocycles. The quantitative estimate of drug-likeness (QED) is 0.513. The molecule has 0 aliphatic rings. The Morgan fingerprint density at radius 1 is 1.04 bits per heavy atom. The fourth-order valence-corrected chi connectivity index (χ4v) is 2.96. The zero-order chi connectivity index (χ0) is 19.2. The minimum atomic E-state index is -0.929. The van der Waals surface area contributed by atoms with E-state index < -0.39 is 5.97 Å². The molecule has 0 aromatic heterocycles. The molecule has 0 fully saturated rings. The minimum absolute atomic E-state index is 0.271. The highest BCUT2D eigenvalue weighted by Gasteiger charge is 2.05. The number of ether oxygens (including phenoxy) is 1. The van der Waals surface area contributed by atoms with Gasteiger partial charge in [0.25, 0.3) is 0 Å². The molecule has 0 radical (unpaired) electrons. The van der Waals surface area contributed by atoms with Crippen molar-refractivity contribution >= 4 is 27.6 Å². The van der Waals surface area contributed by atoms with Gasteiger partial charge < -0.3 is 15.2 Å². The third-order valence-corrected chi connectivity index (χ3v) is 4.68. The summed E-state index contributed by atoms with van der Waals surface area (Å²) in [6.45, 7) is 3.15. The van der Waals surface area contributed by atoms with E-state index in [1.54, 1.807) is 18.2 Å². The van der Waals surface area contributed by atoms with Gasteiger partial charge in [0.15, 0.2) is 0 Å². The van der Waals surface area contributed by atoms with Crippen LogP contribution in [0.1, 0.15) is 27.0 Å². The lowest BCUT2D eigenvalue weighted by Crippen LogP contribution is -2.03. The van der Waals surface area contributed by atoms with E-state index in [9.17, 15) is 4.79 Å². The molecule has 27 heavy (non-hydrogen) atoms. The van der Waals surface area contributed by atoms with Crippen molar-refractivity contribution in [2.24, 2.45) is 0 Å². The first-order chi connectivity index (χ1) is 13.0. The number of aryl methyl sites for hydroxylation is 1. The summed E-state index contributed by atoms with van der Waals surface area (Å²) in [6.07, 6.45) is 0. The van der Waals surface area contributed by atoms with Crippen molar-refractivity contribution in [2.75, 3.05) is 5.32 Å². The third kappa shape index (κ3) is 5.34. The molecule has 2 N–H and O–H groups in total. The maximum atomic E-state index is 11.0. The number of hydrogen-bond acceptors (Lipinski definition) is 3. The van der Waals surface area contributed by atoms with Crippen molar-refractivity contribution in [2.45, 2.75) is 20.1 Å². The van der Waals surface area contributed by atoms with Crippen molar-refractivity contribution in [1.82, 2.24) is 0 Å². The maximum absolute atomic E-state index is 11.0. The number of carboxylic acid groups (broad SMARTS) is 1. The van der Waals surface area contributed by atoms with Crippen molar-refractivity contribution in [3.63, 3.8) is 0 Å². The van der Waals surface area contributed by atoms with E-state index in [2.05, 4.69) is 27.3 Å². The molecule has 0 unspecified atom stereocenters. The molecule has 3 rings (SSSR count). The van der Waals surface area contributed by atoms with Gasteiger partial charge in [-0.3, -0.25) is 0 Å². The van der Waals surface area contributed by atoms with Gasteiger partial charge in [-0.25, -0.2) is 4.79 Å². The molecule has 0 amide bonds. The Morgan fingerprint density at radius 2 is 1.78 bits per heavy atom. The number of nitrogens with one attached hydrogen (secondary N) is 1. The highest BCUT2D eigenvalue weighted by molar-refractivity contribution is 9.10. The molecule has 0 atom stereocenters. The number of halogens is 1. The lowest BCUT2D eigenvalue weighted by Gasteiger charge is -2.12. The second kappa shape index (κ2) is 8.73. The number of aromatic carboxylic acids is 1. The van der Waals surface area contributed by atoms with E-state index in [-0.39, 0.29) is 5.56 Å². The maximum Gasteiger partial charge on any atom is 0.335 e. The zero-order valence-electron chi connectivity index (χ0n) is 14.9. The number of hydrogen-bond donors (Lipinski definition) is 2. The molecule has 0 spiro atoms. The summed E-state index contributed by atoms with van der Waals surface area (Å²) >= 11 is 3.43. The van der Waals surface area contributed by atoms with E-state index in [1.165, 1.54) is 0 Å². The van der Waals surface area contributed by atoms with Crippen LogP contribution in [0.2, 0.25) is 0 Å². The van der Waals surface area contributed by atoms with Gasteiger partial charge >= 0.3 is 5.97 Å². The Hall–Kier alpha value is -2.79. The molecule has 138 valence electrons. The molecule has 4 nitrogen and oxygen atoms in total. The second-order valence-electron chi connectivity index (χ2n) is 6.25. The Morgan fingerprint density at radius 3 is 2.48 bits per heavy atom. The van der Waals surface area contributed by atoms with Crippen LogP contribution < -0.4 is 10.1 Å². The third-order valence-electron chi connectivity index (χ3n) is 4.15. The topological polar surface area (TPSA) is 58.6 Å². The molecule has 3 aromatic rings. The van der Waals surface area contributed by atoms with E-state index in [1.807, 2.05) is 49.4 Å². The molecular weight excluding hydrogens is 406 g/mol. The van der Waals surface area contributed by atoms with Crippen LogP contribution >= 0.6 is 15.9 Å². The zero-order valence-corrected chi connectivity index (χ0v) is 16.5. The number of carboxylic acids is 1. The highest BCUT2D eigenvalue weighted by atomic mass is 79.9. The fraction of sp³-hybridized carbons (Fsp3) is 0.136. The van der Waals surface area contributed by atoms with Gasteiger partial charge in [-0.2, -0.15) is 0 Å². The highest BCUT2D eigenvalue weighted by Crippen LogP contribution is 2.22. The van der Waals surface area contributed by atoms with Gasteiger partial charge in [0, 0.05) is 16.7 Å². The first-order valence-corrected chi connectivity index (χ1v) is 9.34. The van der Waals surface area contributed by atoms with Crippen LogP contribution in [0.3, 0.4) is 0 Å². The van der Waals surface area contributed by atoms with E-state index in [4.69, 9.17) is 9.84 Å². The Balaban J connectivity index is 1.60. The Labute approximate surface area is 166 Å². The average Bonchev–Trinajstić information content (AvgIpc) is 2.67. The largest absolute Gasteiger partial charge is 0.489 e. The summed E-state index contributed by atoms with van der Waals surface area (Å²) in [5.74, 6) is -0.0729. The Kier molecular flexibility index (Phi) is 6.14. The van der Waals surface area contributed by atoms with Gasteiger partial charge in [0.2, 0.25) is 0 Å². The fourth-order valence-electron chi connectivity index (χ4n) is 2.69. The van der Waals surface area contributed by atoms with E-state index in [0.29, 0.717) is 13.2 Å². The summed E-state index contributed by atoms with van der Waals surface area (Å²) in [6, 6.07) is 20.9. The SMILES string of the molecule is Cc1cc(CNc2cccc(C(=O)O)c2)ccc1OCc1ccc(Br)cc1. The number of carbonyl (C=O) groups is 1. The number of benzene rings is 3. The number of rotatable bonds is 7. The first kappa shape index (κ1) is 19.0. The van der Waals surface area contributed by atoms with Crippen LogP contribution in [0.4, 0.5) is 5.69 Å². The smallest absolute Gasteiger partial charge is 0.335 e. The van der Waals surface area contributed by atoms with Crippen molar-refractivity contribution < 1.29 is 14.6 Å². The Bertz CT molecular complexity index is 939. The summed E-state index contributed by atoms with van der Waals surface area (Å²) in [5, 5.41) is 12.3. The van der Waals surface area contributed by atoms with Crippen molar-refractivity contribution in [1.29, 1.82) is 0 Å². The number of anilines is 1. The van der Waals surface area contributed by atoms with E-state index in [0.717, 1.165) is 32.6 Å². The van der Waals surface area contributed by atoms with Crippen LogP contribution in [0.5, 0.6) is 5.75 Å². The first-order valence-electron chi connectivity index (χ1n) is 8.55. The van der Waals surface area contributed by atoms with Gasteiger partial charge in [-0.1, -0.05) is 46.3 Å². The standard InChI is InChI=1S/C22H20BrNO3/c1-15-11-17(13-24-20-4-2-3-18(12-20)22(25)26)7-10-21(15)27-14-16-5-8-19(23)9-6-16/h2-12,24H,13-14H2,1H3,(H,25,26). The van der Waals surface area contributed by atoms with Gasteiger partial charge in [-0.15, -0.1) is 0 Å². The van der Waals surface area contributed by atoms with E-state index >= 15 is 0 Å². The molecule has 0 saturated heterocycles. The van der Waals surface area contributed by atoms with Gasteiger partial charge in [-0.05, 0) is 60.0 Å². The van der Waals surface area contributed by atoms with Crippen LogP contribution in [0.15, 0.2) is 71.2 Å². The predicted octanol–water partition coefficient (Wildman–Crippen LogP) is 5.65. The van der Waals surface area contributed by atoms with Crippen LogP contribution in [-0.2, 0) is 13.2 Å². The summed E-state index contributed by atoms with van der Waals surface area (Å²) in [7, 11) is 0. The average molecular weight is 426 g/mol. The van der Waals surface area contributed by atoms with Gasteiger partial charge in [0.1, 0.15) is 12.4 Å². The molecule has 5 heteroatoms. The molecular formula is C22H20BrNO3. The summed E-state index contributed by atoms with van der Waals surface area (Å²) in [4.78, 5) is 11.0. The lowest BCUT2D eigenvalue weighted by atomic mass is 10.1. The predicted molar refractivity (Wildman–Crippen MR) is 110 cm³/mol. The molecule has 0 bridgehead atoms. The molecule has 0 heterocycles. The molecule has 0 aliphatic heterocycles. The second-order valence-corrected chi connectivity index (χ2v) is 7.17. The van der Waals surface area contributed by atoms with Crippen LogP contribution in [0.25, 0.3) is 0 Å². The van der Waals surface area contributed by atoms with Crippen molar-refractivity contribution in [3.05, 3.63) is 93.5 Å². The molecule has 0 saturated carbocycles.